The van der Waals surface area contributed by atoms with Gasteiger partial charge in [-0.15, -0.1) is 0 Å². The van der Waals surface area contributed by atoms with Gasteiger partial charge in [-0.2, -0.15) is 0 Å². The van der Waals surface area contributed by atoms with Crippen LogP contribution in [0.25, 0.3) is 0 Å². The lowest BCUT2D eigenvalue weighted by Gasteiger charge is -2.26. The number of carbonyl (C=O) groups is 6. The van der Waals surface area contributed by atoms with E-state index in [-0.39, 0.29) is 44.1 Å². The molecule has 5 amide bonds. The van der Waals surface area contributed by atoms with Crippen LogP contribution >= 0.6 is 0 Å². The molecule has 0 radical (unpaired) electrons. The van der Waals surface area contributed by atoms with Crippen LogP contribution in [0.2, 0.25) is 0 Å². The number of rotatable bonds is 17. The van der Waals surface area contributed by atoms with Crippen molar-refractivity contribution in [2.45, 2.75) is 84.5 Å². The average Bonchev–Trinajstić information content (AvgIpc) is 2.89. The van der Waals surface area contributed by atoms with Crippen molar-refractivity contribution < 1.29 is 33.5 Å². The Hall–Kier alpha value is -4.22. The molecule has 41 heavy (non-hydrogen) atoms. The largest absolute Gasteiger partial charge is 0.463 e. The van der Waals surface area contributed by atoms with Crippen molar-refractivity contribution in [2.24, 2.45) is 11.7 Å². The number of esters is 1. The number of hydrogen-bond acceptors (Lipinski definition) is 7. The number of ether oxygens (including phenoxy) is 1. The summed E-state index contributed by atoms with van der Waals surface area (Å²) in [6.07, 6.45) is 3.05. The van der Waals surface area contributed by atoms with Gasteiger partial charge in [-0.3, -0.25) is 24.0 Å². The minimum Gasteiger partial charge on any atom is -0.463 e. The van der Waals surface area contributed by atoms with E-state index in [9.17, 15) is 28.8 Å². The molecule has 226 valence electrons. The molecule has 0 unspecified atom stereocenters. The molecule has 0 saturated heterocycles. The summed E-state index contributed by atoms with van der Waals surface area (Å²) in [6.45, 7) is 8.39. The molecule has 0 aliphatic rings. The van der Waals surface area contributed by atoms with Crippen LogP contribution in [0, 0.1) is 5.92 Å². The summed E-state index contributed by atoms with van der Waals surface area (Å²) in [6, 6.07) is 5.39. The molecule has 0 heterocycles. The minimum atomic E-state index is -1.06. The Morgan fingerprint density at radius 1 is 0.878 bits per heavy atom. The van der Waals surface area contributed by atoms with E-state index in [1.807, 2.05) is 19.9 Å². The predicted molar refractivity (Wildman–Crippen MR) is 153 cm³/mol. The number of carbonyl (C=O) groups excluding carboxylic acids is 6. The van der Waals surface area contributed by atoms with E-state index in [1.54, 1.807) is 31.2 Å². The normalized spacial score (nSPS) is 13.9. The van der Waals surface area contributed by atoms with Crippen molar-refractivity contribution in [3.8, 4) is 0 Å². The molecule has 0 aliphatic carbocycles. The highest BCUT2D eigenvalue weighted by Crippen LogP contribution is 2.09. The molecule has 6 N–H and O–H groups in total. The fourth-order valence-corrected chi connectivity index (χ4v) is 3.88. The van der Waals surface area contributed by atoms with Crippen molar-refractivity contribution in [3.63, 3.8) is 0 Å². The standard InChI is InChI=1S/C29H43N5O7/c1-6-41-26(37)15-13-22(12-14-25(30)36)32-28(39)24(17-21-10-8-7-9-11-21)34-29(40)23(16-18(2)3)33-27(38)19(4)31-20(5)35/h7-11,13,15,18-19,22-24H,6,12,14,16-17H2,1-5H3,(H2,30,36)(H,31,35)(H,32,39)(H,33,38)(H,34,40)/b15-13+/t19-,22-,23-,24-/m0/s1. The van der Waals surface area contributed by atoms with E-state index in [0.29, 0.717) is 0 Å². The van der Waals surface area contributed by atoms with Gasteiger partial charge in [-0.25, -0.2) is 4.79 Å². The minimum absolute atomic E-state index is 0.0229. The van der Waals surface area contributed by atoms with E-state index >= 15 is 0 Å². The maximum atomic E-state index is 13.5. The molecule has 4 atom stereocenters. The Labute approximate surface area is 241 Å². The molecule has 0 aliphatic heterocycles. The van der Waals surface area contributed by atoms with E-state index < -0.39 is 53.8 Å². The van der Waals surface area contributed by atoms with Gasteiger partial charge >= 0.3 is 5.97 Å². The van der Waals surface area contributed by atoms with E-state index in [4.69, 9.17) is 10.5 Å². The van der Waals surface area contributed by atoms with Crippen molar-refractivity contribution >= 4 is 35.5 Å². The molecule has 12 nitrogen and oxygen atoms in total. The number of benzene rings is 1. The zero-order valence-electron chi connectivity index (χ0n) is 24.4. The van der Waals surface area contributed by atoms with Crippen LogP contribution in [0.3, 0.4) is 0 Å². The van der Waals surface area contributed by atoms with E-state index in [2.05, 4.69) is 21.3 Å². The summed E-state index contributed by atoms with van der Waals surface area (Å²) in [5, 5.41) is 10.7. The van der Waals surface area contributed by atoms with Gasteiger partial charge < -0.3 is 31.7 Å². The molecule has 12 heteroatoms. The zero-order chi connectivity index (χ0) is 30.9. The first-order valence-corrected chi connectivity index (χ1v) is 13.7. The molecule has 0 fully saturated rings. The maximum Gasteiger partial charge on any atom is 0.330 e. The first-order chi connectivity index (χ1) is 19.3. The van der Waals surface area contributed by atoms with Gasteiger partial charge in [0.25, 0.3) is 0 Å². The van der Waals surface area contributed by atoms with Crippen LogP contribution < -0.4 is 27.0 Å². The van der Waals surface area contributed by atoms with E-state index in [1.165, 1.54) is 19.9 Å². The molecule has 1 aromatic rings. The van der Waals surface area contributed by atoms with Crippen LogP contribution in [-0.4, -0.2) is 66.3 Å². The maximum absolute atomic E-state index is 13.5. The van der Waals surface area contributed by atoms with Gasteiger partial charge in [0, 0.05) is 31.9 Å². The number of primary amides is 1. The van der Waals surface area contributed by atoms with Gasteiger partial charge in [-0.05, 0) is 38.2 Å². The van der Waals surface area contributed by atoms with Crippen molar-refractivity contribution in [3.05, 3.63) is 48.0 Å². The average molecular weight is 574 g/mol. The quantitative estimate of drug-likeness (QED) is 0.134. The van der Waals surface area contributed by atoms with Gasteiger partial charge in [-0.1, -0.05) is 50.3 Å². The van der Waals surface area contributed by atoms with Crippen LogP contribution in [0.1, 0.15) is 59.4 Å². The highest BCUT2D eigenvalue weighted by atomic mass is 16.5. The lowest BCUT2D eigenvalue weighted by molar-refractivity contribution is -0.137. The Morgan fingerprint density at radius 3 is 2.05 bits per heavy atom. The summed E-state index contributed by atoms with van der Waals surface area (Å²) in [5.74, 6) is -3.24. The summed E-state index contributed by atoms with van der Waals surface area (Å²) in [4.78, 5) is 74.1. The van der Waals surface area contributed by atoms with Gasteiger partial charge in [0.15, 0.2) is 0 Å². The van der Waals surface area contributed by atoms with Crippen LogP contribution in [0.5, 0.6) is 0 Å². The number of nitrogens with one attached hydrogen (secondary N) is 4. The topological polar surface area (TPSA) is 186 Å². The summed E-state index contributed by atoms with van der Waals surface area (Å²) in [7, 11) is 0. The first-order valence-electron chi connectivity index (χ1n) is 13.7. The lowest BCUT2D eigenvalue weighted by atomic mass is 10.0. The smallest absolute Gasteiger partial charge is 0.330 e. The second-order valence-electron chi connectivity index (χ2n) is 10.1. The Bertz CT molecular complexity index is 1070. The third kappa shape index (κ3) is 14.7. The van der Waals surface area contributed by atoms with Gasteiger partial charge in [0.05, 0.1) is 6.61 Å². The van der Waals surface area contributed by atoms with Crippen molar-refractivity contribution in [2.75, 3.05) is 6.61 Å². The number of hydrogen-bond donors (Lipinski definition) is 5. The number of nitrogens with two attached hydrogens (primary N) is 1. The molecule has 0 saturated carbocycles. The summed E-state index contributed by atoms with van der Waals surface area (Å²) >= 11 is 0. The molecular formula is C29H43N5O7. The predicted octanol–water partition coefficient (Wildman–Crippen LogP) is 0.639. The Kier molecular flexibility index (Phi) is 15.4. The highest BCUT2D eigenvalue weighted by molar-refractivity contribution is 5.94. The third-order valence-electron chi connectivity index (χ3n) is 5.85. The second-order valence-corrected chi connectivity index (χ2v) is 10.1. The molecule has 1 aromatic carbocycles. The lowest BCUT2D eigenvalue weighted by Crippen LogP contribution is -2.57. The first kappa shape index (κ1) is 34.8. The van der Waals surface area contributed by atoms with Gasteiger partial charge in [0.2, 0.25) is 29.5 Å². The molecule has 0 spiro atoms. The SMILES string of the molecule is CCOC(=O)/C=C/[C@H](CCC(N)=O)NC(=O)[C@H](Cc1ccccc1)NC(=O)[C@H](CC(C)C)NC(=O)[C@H](C)NC(C)=O. The van der Waals surface area contributed by atoms with Crippen molar-refractivity contribution in [1.29, 1.82) is 0 Å². The van der Waals surface area contributed by atoms with E-state index in [0.717, 1.165) is 11.6 Å². The van der Waals surface area contributed by atoms with Crippen LogP contribution in [-0.2, 0) is 39.9 Å². The Morgan fingerprint density at radius 2 is 1.49 bits per heavy atom. The summed E-state index contributed by atoms with van der Waals surface area (Å²) in [5.41, 5.74) is 6.05. The highest BCUT2D eigenvalue weighted by Gasteiger charge is 2.29. The van der Waals surface area contributed by atoms with Crippen molar-refractivity contribution in [1.82, 2.24) is 21.3 Å². The fourth-order valence-electron chi connectivity index (χ4n) is 3.88. The Balaban J connectivity index is 3.20. The van der Waals surface area contributed by atoms with Crippen LogP contribution in [0.15, 0.2) is 42.5 Å². The third-order valence-corrected chi connectivity index (χ3v) is 5.85. The summed E-state index contributed by atoms with van der Waals surface area (Å²) < 4.78 is 4.88. The molecular weight excluding hydrogens is 530 g/mol. The molecule has 1 rings (SSSR count). The number of amides is 5. The van der Waals surface area contributed by atoms with Gasteiger partial charge in [0.1, 0.15) is 18.1 Å². The zero-order valence-corrected chi connectivity index (χ0v) is 24.4. The molecule has 0 bridgehead atoms. The second kappa shape index (κ2) is 18.2. The monoisotopic (exact) mass is 573 g/mol. The fraction of sp³-hybridized carbons (Fsp3) is 0.517. The van der Waals surface area contributed by atoms with Crippen LogP contribution in [0.4, 0.5) is 0 Å². The molecule has 0 aromatic heterocycles.